The summed E-state index contributed by atoms with van der Waals surface area (Å²) in [5, 5.41) is 8.69. The molecule has 1 N–H and O–H groups in total. The highest BCUT2D eigenvalue weighted by atomic mass is 16.1. The normalized spacial score (nSPS) is 16.2. The summed E-state index contributed by atoms with van der Waals surface area (Å²) in [6, 6.07) is 6.68. The van der Waals surface area contributed by atoms with Crippen LogP contribution in [0.4, 0.5) is 0 Å². The van der Waals surface area contributed by atoms with Crippen molar-refractivity contribution in [3.05, 3.63) is 30.0 Å². The SMILES string of the molecule is Cc1ccc2cnn(CCC(=O)NC3CCCCC3)c2c1. The molecule has 0 atom stereocenters. The van der Waals surface area contributed by atoms with Gasteiger partial charge in [0.2, 0.25) is 5.91 Å². The van der Waals surface area contributed by atoms with Crippen molar-refractivity contribution in [2.45, 2.75) is 58.0 Å². The molecule has 0 bridgehead atoms. The Hall–Kier alpha value is -1.84. The Morgan fingerprint density at radius 2 is 2.14 bits per heavy atom. The van der Waals surface area contributed by atoms with Crippen LogP contribution in [0, 0.1) is 6.92 Å². The Morgan fingerprint density at radius 1 is 1.33 bits per heavy atom. The maximum atomic E-state index is 12.1. The van der Waals surface area contributed by atoms with Crippen molar-refractivity contribution in [3.63, 3.8) is 0 Å². The Labute approximate surface area is 125 Å². The molecule has 0 saturated heterocycles. The molecule has 1 aromatic carbocycles. The van der Waals surface area contributed by atoms with E-state index < -0.39 is 0 Å². The molecular formula is C17H23N3O. The highest BCUT2D eigenvalue weighted by Crippen LogP contribution is 2.18. The number of benzene rings is 1. The zero-order valence-corrected chi connectivity index (χ0v) is 12.6. The lowest BCUT2D eigenvalue weighted by atomic mass is 9.95. The molecule has 1 fully saturated rings. The van der Waals surface area contributed by atoms with Crippen LogP contribution < -0.4 is 5.32 Å². The van der Waals surface area contributed by atoms with Crippen molar-refractivity contribution >= 4 is 16.8 Å². The van der Waals surface area contributed by atoms with Gasteiger partial charge in [-0.2, -0.15) is 5.10 Å². The molecule has 3 rings (SSSR count). The smallest absolute Gasteiger partial charge is 0.222 e. The Bertz CT molecular complexity index is 626. The van der Waals surface area contributed by atoms with E-state index in [1.807, 2.05) is 10.9 Å². The average molecular weight is 285 g/mol. The van der Waals surface area contributed by atoms with Crippen molar-refractivity contribution in [2.75, 3.05) is 0 Å². The molecular weight excluding hydrogens is 262 g/mol. The van der Waals surface area contributed by atoms with Crippen LogP contribution >= 0.6 is 0 Å². The first-order valence-electron chi connectivity index (χ1n) is 7.94. The lowest BCUT2D eigenvalue weighted by Crippen LogP contribution is -2.36. The van der Waals surface area contributed by atoms with E-state index in [9.17, 15) is 4.79 Å². The molecule has 112 valence electrons. The summed E-state index contributed by atoms with van der Waals surface area (Å²) in [5.74, 6) is 0.151. The number of fused-ring (bicyclic) bond motifs is 1. The lowest BCUT2D eigenvalue weighted by Gasteiger charge is -2.22. The van der Waals surface area contributed by atoms with Gasteiger partial charge in [0.05, 0.1) is 18.3 Å². The Balaban J connectivity index is 1.58. The zero-order valence-electron chi connectivity index (χ0n) is 12.6. The van der Waals surface area contributed by atoms with Crippen molar-refractivity contribution in [2.24, 2.45) is 0 Å². The number of hydrogen-bond acceptors (Lipinski definition) is 2. The summed E-state index contributed by atoms with van der Waals surface area (Å²) in [6.07, 6.45) is 8.44. The van der Waals surface area contributed by atoms with Crippen LogP contribution in [0.25, 0.3) is 10.9 Å². The molecule has 1 aliphatic rings. The molecule has 1 aliphatic carbocycles. The van der Waals surface area contributed by atoms with Gasteiger partial charge in [-0.3, -0.25) is 9.48 Å². The van der Waals surface area contributed by atoms with Crippen LogP contribution in [0.5, 0.6) is 0 Å². The summed E-state index contributed by atoms with van der Waals surface area (Å²) in [6.45, 7) is 2.72. The molecule has 0 unspecified atom stereocenters. The van der Waals surface area contributed by atoms with E-state index in [0.717, 1.165) is 23.7 Å². The predicted octanol–water partition coefficient (Wildman–Crippen LogP) is 3.18. The van der Waals surface area contributed by atoms with Crippen LogP contribution in [-0.2, 0) is 11.3 Å². The third-order valence-electron chi connectivity index (χ3n) is 4.32. The minimum absolute atomic E-state index is 0.151. The van der Waals surface area contributed by atoms with Crippen molar-refractivity contribution in [3.8, 4) is 0 Å². The van der Waals surface area contributed by atoms with Crippen molar-refractivity contribution in [1.82, 2.24) is 15.1 Å². The van der Waals surface area contributed by atoms with E-state index >= 15 is 0 Å². The summed E-state index contributed by atoms with van der Waals surface area (Å²) >= 11 is 0. The van der Waals surface area contributed by atoms with Gasteiger partial charge in [-0.1, -0.05) is 31.4 Å². The van der Waals surface area contributed by atoms with Gasteiger partial charge in [0.25, 0.3) is 0 Å². The summed E-state index contributed by atoms with van der Waals surface area (Å²) in [5.41, 5.74) is 2.33. The van der Waals surface area contributed by atoms with Gasteiger partial charge in [0.1, 0.15) is 0 Å². The van der Waals surface area contributed by atoms with Gasteiger partial charge in [0, 0.05) is 17.8 Å². The van der Waals surface area contributed by atoms with Crippen LogP contribution in [0.2, 0.25) is 0 Å². The quantitative estimate of drug-likeness (QED) is 0.937. The maximum Gasteiger partial charge on any atom is 0.222 e. The first kappa shape index (κ1) is 14.1. The predicted molar refractivity (Wildman–Crippen MR) is 84.1 cm³/mol. The van der Waals surface area contributed by atoms with E-state index in [1.54, 1.807) is 0 Å². The first-order valence-corrected chi connectivity index (χ1v) is 7.94. The van der Waals surface area contributed by atoms with E-state index in [2.05, 4.69) is 35.5 Å². The minimum Gasteiger partial charge on any atom is -0.353 e. The van der Waals surface area contributed by atoms with Gasteiger partial charge in [-0.25, -0.2) is 0 Å². The second-order valence-corrected chi connectivity index (χ2v) is 6.08. The number of nitrogens with zero attached hydrogens (tertiary/aromatic N) is 2. The Morgan fingerprint density at radius 3 is 2.95 bits per heavy atom. The number of carbonyl (C=O) groups is 1. The van der Waals surface area contributed by atoms with E-state index in [0.29, 0.717) is 19.0 Å². The maximum absolute atomic E-state index is 12.1. The van der Waals surface area contributed by atoms with Crippen LogP contribution in [0.15, 0.2) is 24.4 Å². The van der Waals surface area contributed by atoms with Gasteiger partial charge < -0.3 is 5.32 Å². The molecule has 1 heterocycles. The number of aromatic nitrogens is 2. The highest BCUT2D eigenvalue weighted by molar-refractivity contribution is 5.80. The molecule has 4 nitrogen and oxygen atoms in total. The molecule has 1 aromatic heterocycles. The average Bonchev–Trinajstić information content (AvgIpc) is 2.88. The van der Waals surface area contributed by atoms with Crippen LogP contribution in [-0.4, -0.2) is 21.7 Å². The molecule has 0 spiro atoms. The summed E-state index contributed by atoms with van der Waals surface area (Å²) in [7, 11) is 0. The van der Waals surface area contributed by atoms with Crippen molar-refractivity contribution < 1.29 is 4.79 Å². The topological polar surface area (TPSA) is 46.9 Å². The largest absolute Gasteiger partial charge is 0.353 e. The highest BCUT2D eigenvalue weighted by Gasteiger charge is 2.15. The van der Waals surface area contributed by atoms with Crippen LogP contribution in [0.3, 0.4) is 0 Å². The molecule has 4 heteroatoms. The Kier molecular flexibility index (Phi) is 4.23. The van der Waals surface area contributed by atoms with Crippen molar-refractivity contribution in [1.29, 1.82) is 0 Å². The lowest BCUT2D eigenvalue weighted by molar-refractivity contribution is -0.122. The third-order valence-corrected chi connectivity index (χ3v) is 4.32. The van der Waals surface area contributed by atoms with Gasteiger partial charge in [0.15, 0.2) is 0 Å². The minimum atomic E-state index is 0.151. The number of amides is 1. The van der Waals surface area contributed by atoms with Gasteiger partial charge in [-0.05, 0) is 31.4 Å². The summed E-state index contributed by atoms with van der Waals surface area (Å²) in [4.78, 5) is 12.1. The first-order chi connectivity index (χ1) is 10.2. The van der Waals surface area contributed by atoms with E-state index in [-0.39, 0.29) is 5.91 Å². The van der Waals surface area contributed by atoms with Gasteiger partial charge >= 0.3 is 0 Å². The number of hydrogen-bond donors (Lipinski definition) is 1. The second kappa shape index (κ2) is 6.29. The fourth-order valence-electron chi connectivity index (χ4n) is 3.11. The molecule has 2 aromatic rings. The third kappa shape index (κ3) is 3.43. The van der Waals surface area contributed by atoms with E-state index in [4.69, 9.17) is 0 Å². The number of aryl methyl sites for hydroxylation is 2. The second-order valence-electron chi connectivity index (χ2n) is 6.08. The number of carbonyl (C=O) groups excluding carboxylic acids is 1. The monoisotopic (exact) mass is 285 g/mol. The fraction of sp³-hybridized carbons (Fsp3) is 0.529. The molecule has 1 saturated carbocycles. The standard InChI is InChI=1S/C17H23N3O/c1-13-7-8-14-12-18-20(16(14)11-13)10-9-17(21)19-15-5-3-2-4-6-15/h7-8,11-12,15H,2-6,9-10H2,1H3,(H,19,21). The van der Waals surface area contributed by atoms with Crippen LogP contribution in [0.1, 0.15) is 44.1 Å². The molecule has 1 amide bonds. The fourth-order valence-corrected chi connectivity index (χ4v) is 3.11. The summed E-state index contributed by atoms with van der Waals surface area (Å²) < 4.78 is 1.93. The number of rotatable bonds is 4. The zero-order chi connectivity index (χ0) is 14.7. The van der Waals surface area contributed by atoms with E-state index in [1.165, 1.54) is 24.8 Å². The van der Waals surface area contributed by atoms with Gasteiger partial charge in [-0.15, -0.1) is 0 Å². The molecule has 0 aliphatic heterocycles. The number of nitrogens with one attached hydrogen (secondary N) is 1. The molecule has 0 radical (unpaired) electrons. The molecule has 21 heavy (non-hydrogen) atoms.